The number of carbonyl (C=O) groups is 2. The predicted octanol–water partition coefficient (Wildman–Crippen LogP) is 3.22. The molecule has 5 N–H and O–H groups in total. The number of hydrogen-bond acceptors (Lipinski definition) is 5. The number of rotatable bonds is 5. The molecule has 1 unspecified atom stereocenters. The van der Waals surface area contributed by atoms with Gasteiger partial charge < -0.3 is 30.9 Å². The Balaban J connectivity index is 1.55. The second kappa shape index (κ2) is 9.36. The molecule has 35 heavy (non-hydrogen) atoms. The van der Waals surface area contributed by atoms with Crippen molar-refractivity contribution in [3.05, 3.63) is 71.5 Å². The monoisotopic (exact) mass is 472 g/mol. The third-order valence-corrected chi connectivity index (χ3v) is 6.41. The maximum Gasteiger partial charge on any atom is 0.352 e. The van der Waals surface area contributed by atoms with Crippen molar-refractivity contribution in [3.63, 3.8) is 0 Å². The third kappa shape index (κ3) is 4.55. The first-order valence-corrected chi connectivity index (χ1v) is 11.7. The average Bonchev–Trinajstić information content (AvgIpc) is 3.22. The van der Waals surface area contributed by atoms with E-state index in [1.807, 2.05) is 42.5 Å². The average molecular weight is 473 g/mol. The van der Waals surface area contributed by atoms with E-state index in [1.54, 1.807) is 21.6 Å². The molecule has 2 aromatic carbocycles. The zero-order valence-corrected chi connectivity index (χ0v) is 19.5. The van der Waals surface area contributed by atoms with Gasteiger partial charge in [0.2, 0.25) is 0 Å². The summed E-state index contributed by atoms with van der Waals surface area (Å²) in [6.45, 7) is 4.63. The molecule has 1 aliphatic rings. The number of carbonyl (C=O) groups excluding carboxylic acids is 1. The maximum absolute atomic E-state index is 12.9. The molecular formula is C26H28N6O3. The number of carboxylic acids is 1. The van der Waals surface area contributed by atoms with E-state index in [1.165, 1.54) is 0 Å². The van der Waals surface area contributed by atoms with Crippen LogP contribution >= 0.6 is 0 Å². The van der Waals surface area contributed by atoms with Crippen molar-refractivity contribution in [2.75, 3.05) is 25.0 Å². The van der Waals surface area contributed by atoms with E-state index in [0.717, 1.165) is 28.3 Å². The SMILES string of the molecule is CC1CN(C(=O)Nc2cc(Cn3c(C(=O)O)cc4ccc(CN)nc43)c3ccccc3c2)CCN1. The lowest BCUT2D eigenvalue weighted by atomic mass is 10.0. The zero-order chi connectivity index (χ0) is 24.5. The summed E-state index contributed by atoms with van der Waals surface area (Å²) >= 11 is 0. The van der Waals surface area contributed by atoms with Crippen molar-refractivity contribution in [2.45, 2.75) is 26.1 Å². The Morgan fingerprint density at radius 1 is 1.17 bits per heavy atom. The number of nitrogens with two attached hydrogens (primary N) is 1. The number of aromatic carboxylic acids is 1. The summed E-state index contributed by atoms with van der Waals surface area (Å²) in [5.41, 5.74) is 8.73. The Hall–Kier alpha value is -3.95. The molecule has 5 rings (SSSR count). The number of pyridine rings is 1. The van der Waals surface area contributed by atoms with Gasteiger partial charge in [-0.25, -0.2) is 14.6 Å². The number of benzene rings is 2. The fourth-order valence-corrected chi connectivity index (χ4v) is 4.70. The van der Waals surface area contributed by atoms with Gasteiger partial charge in [0.05, 0.1) is 12.2 Å². The van der Waals surface area contributed by atoms with Crippen LogP contribution in [0.3, 0.4) is 0 Å². The number of urea groups is 1. The van der Waals surface area contributed by atoms with Crippen molar-refractivity contribution in [2.24, 2.45) is 5.73 Å². The van der Waals surface area contributed by atoms with E-state index in [-0.39, 0.29) is 30.9 Å². The Morgan fingerprint density at radius 2 is 2.00 bits per heavy atom. The molecule has 3 heterocycles. The number of anilines is 1. The van der Waals surface area contributed by atoms with Crippen LogP contribution < -0.4 is 16.4 Å². The van der Waals surface area contributed by atoms with E-state index in [9.17, 15) is 14.7 Å². The zero-order valence-electron chi connectivity index (χ0n) is 19.5. The Labute approximate surface area is 202 Å². The van der Waals surface area contributed by atoms with Crippen molar-refractivity contribution >= 4 is 39.5 Å². The van der Waals surface area contributed by atoms with Crippen LogP contribution in [0.25, 0.3) is 21.8 Å². The molecule has 2 aromatic heterocycles. The molecule has 0 saturated carbocycles. The summed E-state index contributed by atoms with van der Waals surface area (Å²) in [5.74, 6) is -1.03. The lowest BCUT2D eigenvalue weighted by Crippen LogP contribution is -2.52. The second-order valence-electron chi connectivity index (χ2n) is 8.93. The first-order valence-electron chi connectivity index (χ1n) is 11.7. The minimum absolute atomic E-state index is 0.147. The molecular weight excluding hydrogens is 444 g/mol. The molecule has 0 spiro atoms. The highest BCUT2D eigenvalue weighted by Crippen LogP contribution is 2.28. The summed E-state index contributed by atoms with van der Waals surface area (Å²) in [6.07, 6.45) is 0. The minimum Gasteiger partial charge on any atom is -0.477 e. The van der Waals surface area contributed by atoms with Gasteiger partial charge in [0, 0.05) is 43.3 Å². The number of hydrogen-bond donors (Lipinski definition) is 4. The van der Waals surface area contributed by atoms with Gasteiger partial charge in [0.15, 0.2) is 0 Å². The lowest BCUT2D eigenvalue weighted by molar-refractivity contribution is 0.0686. The van der Waals surface area contributed by atoms with Crippen LogP contribution in [0.5, 0.6) is 0 Å². The summed E-state index contributed by atoms with van der Waals surface area (Å²) in [4.78, 5) is 31.4. The molecule has 0 radical (unpaired) electrons. The van der Waals surface area contributed by atoms with Crippen LogP contribution in [0.15, 0.2) is 54.6 Å². The van der Waals surface area contributed by atoms with Gasteiger partial charge in [-0.3, -0.25) is 0 Å². The number of nitrogens with one attached hydrogen (secondary N) is 2. The van der Waals surface area contributed by atoms with Crippen molar-refractivity contribution in [1.82, 2.24) is 19.8 Å². The molecule has 180 valence electrons. The number of aromatic nitrogens is 2. The summed E-state index contributed by atoms with van der Waals surface area (Å²) in [6, 6.07) is 17.1. The number of fused-ring (bicyclic) bond motifs is 2. The topological polar surface area (TPSA) is 126 Å². The first kappa shape index (κ1) is 22.8. The number of amides is 2. The predicted molar refractivity (Wildman–Crippen MR) is 136 cm³/mol. The number of carboxylic acid groups (broad SMARTS) is 1. The van der Waals surface area contributed by atoms with E-state index in [0.29, 0.717) is 30.1 Å². The van der Waals surface area contributed by atoms with Crippen LogP contribution in [0, 0.1) is 0 Å². The van der Waals surface area contributed by atoms with Gasteiger partial charge in [-0.1, -0.05) is 24.3 Å². The fourth-order valence-electron chi connectivity index (χ4n) is 4.70. The number of piperazine rings is 1. The molecule has 4 aromatic rings. The van der Waals surface area contributed by atoms with Gasteiger partial charge in [-0.2, -0.15) is 0 Å². The first-order chi connectivity index (χ1) is 16.9. The molecule has 2 amide bonds. The molecule has 9 nitrogen and oxygen atoms in total. The summed E-state index contributed by atoms with van der Waals surface area (Å²) < 4.78 is 1.70. The van der Waals surface area contributed by atoms with Crippen molar-refractivity contribution in [3.8, 4) is 0 Å². The van der Waals surface area contributed by atoms with E-state index in [2.05, 4.69) is 22.5 Å². The van der Waals surface area contributed by atoms with Gasteiger partial charge in [-0.05, 0) is 53.6 Å². The summed E-state index contributed by atoms with van der Waals surface area (Å²) in [5, 5.41) is 18.9. The number of nitrogens with zero attached hydrogens (tertiary/aromatic N) is 3. The third-order valence-electron chi connectivity index (χ3n) is 6.41. The van der Waals surface area contributed by atoms with Crippen LogP contribution in [-0.2, 0) is 13.1 Å². The quantitative estimate of drug-likeness (QED) is 0.353. The van der Waals surface area contributed by atoms with Crippen LogP contribution in [0.2, 0.25) is 0 Å². The van der Waals surface area contributed by atoms with Gasteiger partial charge in [0.25, 0.3) is 0 Å². The molecule has 1 saturated heterocycles. The fraction of sp³-hybridized carbons (Fsp3) is 0.269. The molecule has 9 heteroatoms. The minimum atomic E-state index is -1.03. The van der Waals surface area contributed by atoms with Crippen LogP contribution in [-0.4, -0.2) is 57.2 Å². The largest absolute Gasteiger partial charge is 0.477 e. The highest BCUT2D eigenvalue weighted by Gasteiger charge is 2.21. The Bertz CT molecular complexity index is 1430. The van der Waals surface area contributed by atoms with Crippen molar-refractivity contribution in [1.29, 1.82) is 0 Å². The maximum atomic E-state index is 12.9. The molecule has 1 atom stereocenters. The highest BCUT2D eigenvalue weighted by atomic mass is 16.4. The Morgan fingerprint density at radius 3 is 2.77 bits per heavy atom. The van der Waals surface area contributed by atoms with E-state index >= 15 is 0 Å². The van der Waals surface area contributed by atoms with Crippen LogP contribution in [0.4, 0.5) is 10.5 Å². The van der Waals surface area contributed by atoms with Crippen molar-refractivity contribution < 1.29 is 14.7 Å². The standard InChI is InChI=1S/C26H28N6O3/c1-16-14-31(9-8-28-16)26(35)30-21-10-17-4-2-3-5-22(17)19(11-21)15-32-23(25(33)34)12-18-6-7-20(13-27)29-24(18)32/h2-7,10-12,16,28H,8-9,13-15,27H2,1H3,(H,30,35)(H,33,34). The van der Waals surface area contributed by atoms with Crippen LogP contribution in [0.1, 0.15) is 28.7 Å². The van der Waals surface area contributed by atoms with Gasteiger partial charge >= 0.3 is 12.0 Å². The smallest absolute Gasteiger partial charge is 0.352 e. The highest BCUT2D eigenvalue weighted by molar-refractivity contribution is 5.96. The second-order valence-corrected chi connectivity index (χ2v) is 8.93. The van der Waals surface area contributed by atoms with Gasteiger partial charge in [0.1, 0.15) is 11.3 Å². The molecule has 1 fully saturated rings. The van der Waals surface area contributed by atoms with Gasteiger partial charge in [-0.15, -0.1) is 0 Å². The van der Waals surface area contributed by atoms with E-state index < -0.39 is 5.97 Å². The lowest BCUT2D eigenvalue weighted by Gasteiger charge is -2.32. The van der Waals surface area contributed by atoms with E-state index in [4.69, 9.17) is 5.73 Å². The molecule has 1 aliphatic heterocycles. The summed E-state index contributed by atoms with van der Waals surface area (Å²) in [7, 11) is 0. The molecule has 0 aliphatic carbocycles. The Kier molecular flexibility index (Phi) is 6.10. The normalized spacial score (nSPS) is 16.1. The molecule has 0 bridgehead atoms.